The van der Waals surface area contributed by atoms with E-state index in [9.17, 15) is 0 Å². The minimum atomic E-state index is -0.186. The summed E-state index contributed by atoms with van der Waals surface area (Å²) in [6, 6.07) is 64.7. The fourth-order valence-corrected chi connectivity index (χ4v) is 10.2. The first-order chi connectivity index (χ1) is 30.0. The zero-order valence-electron chi connectivity index (χ0n) is 33.5. The predicted octanol–water partition coefficient (Wildman–Crippen LogP) is 14.5. The van der Waals surface area contributed by atoms with Gasteiger partial charge in [0.15, 0.2) is 17.5 Å². The molecule has 0 radical (unpaired) electrons. The summed E-state index contributed by atoms with van der Waals surface area (Å²) in [5.41, 5.74) is 13.1. The summed E-state index contributed by atoms with van der Waals surface area (Å²) >= 11 is 0. The van der Waals surface area contributed by atoms with E-state index >= 15 is 0 Å². The van der Waals surface area contributed by atoms with Crippen LogP contribution in [0.15, 0.2) is 186 Å². The van der Waals surface area contributed by atoms with Crippen LogP contribution < -0.4 is 0 Å². The van der Waals surface area contributed by atoms with E-state index in [0.717, 1.165) is 55.1 Å². The van der Waals surface area contributed by atoms with Gasteiger partial charge in [0.05, 0.1) is 16.7 Å². The molecule has 0 spiro atoms. The van der Waals surface area contributed by atoms with E-state index < -0.39 is 0 Å². The lowest BCUT2D eigenvalue weighted by Gasteiger charge is -2.23. The number of rotatable bonds is 4. The van der Waals surface area contributed by atoms with E-state index in [1.54, 1.807) is 0 Å². The van der Waals surface area contributed by atoms with Gasteiger partial charge >= 0.3 is 0 Å². The van der Waals surface area contributed by atoms with Gasteiger partial charge in [0.2, 0.25) is 0 Å². The quantitative estimate of drug-likeness (QED) is 0.178. The second kappa shape index (κ2) is 12.6. The second-order valence-corrected chi connectivity index (χ2v) is 16.8. The van der Waals surface area contributed by atoms with Gasteiger partial charge in [-0.3, -0.25) is 0 Å². The van der Waals surface area contributed by atoms with Gasteiger partial charge < -0.3 is 8.98 Å². The van der Waals surface area contributed by atoms with E-state index in [1.807, 2.05) is 54.6 Å². The molecule has 3 aromatic heterocycles. The Bertz CT molecular complexity index is 3800. The minimum Gasteiger partial charge on any atom is -0.456 e. The van der Waals surface area contributed by atoms with E-state index in [0.29, 0.717) is 17.5 Å². The first-order valence-electron chi connectivity index (χ1n) is 20.9. The molecule has 0 saturated carbocycles. The smallest absolute Gasteiger partial charge is 0.164 e. The Hall–Kier alpha value is -7.89. The standard InChI is InChI=1S/C56H36N4O/c1-56(2)46-32-49-45(31-44(46)42-27-24-33-14-6-7-17-36(33)52(42)56)39-20-10-12-22-47(39)60(49)48-29-28-43(37-18-8-9-19-38(37)48)55-58-53(34-15-4-3-5-16-34)57-54(59-55)35-25-26-41-40-21-11-13-23-50(40)61-51(41)30-35/h3-32H,1-2H3. The second-order valence-electron chi connectivity index (χ2n) is 16.8. The molecular weight excluding hydrogens is 745 g/mol. The summed E-state index contributed by atoms with van der Waals surface area (Å²) in [5.74, 6) is 1.82. The van der Waals surface area contributed by atoms with Crippen molar-refractivity contribution in [2.24, 2.45) is 0 Å². The van der Waals surface area contributed by atoms with Crippen molar-refractivity contribution in [3.8, 4) is 51.0 Å². The third kappa shape index (κ3) is 4.92. The normalized spacial score (nSPS) is 13.2. The summed E-state index contributed by atoms with van der Waals surface area (Å²) in [6.07, 6.45) is 0. The molecule has 5 nitrogen and oxygen atoms in total. The largest absolute Gasteiger partial charge is 0.456 e. The molecule has 0 N–H and O–H groups in total. The molecule has 0 saturated heterocycles. The molecule has 1 aliphatic carbocycles. The van der Waals surface area contributed by atoms with E-state index in [2.05, 4.69) is 146 Å². The van der Waals surface area contributed by atoms with E-state index in [-0.39, 0.29) is 5.41 Å². The van der Waals surface area contributed by atoms with Crippen molar-refractivity contribution in [2.75, 3.05) is 0 Å². The molecule has 0 aliphatic heterocycles. The summed E-state index contributed by atoms with van der Waals surface area (Å²) in [7, 11) is 0. The first kappa shape index (κ1) is 34.0. The molecule has 9 aromatic carbocycles. The summed E-state index contributed by atoms with van der Waals surface area (Å²) in [4.78, 5) is 15.5. The highest BCUT2D eigenvalue weighted by molar-refractivity contribution is 6.14. The van der Waals surface area contributed by atoms with Crippen LogP contribution in [0.3, 0.4) is 0 Å². The first-order valence-corrected chi connectivity index (χ1v) is 20.9. The van der Waals surface area contributed by atoms with Crippen LogP contribution in [0.5, 0.6) is 0 Å². The lowest BCUT2D eigenvalue weighted by Crippen LogP contribution is -2.15. The summed E-state index contributed by atoms with van der Waals surface area (Å²) in [5, 5.41) is 9.42. The van der Waals surface area contributed by atoms with Gasteiger partial charge in [-0.15, -0.1) is 0 Å². The van der Waals surface area contributed by atoms with Crippen molar-refractivity contribution >= 4 is 65.3 Å². The topological polar surface area (TPSA) is 56.7 Å². The molecule has 13 rings (SSSR count). The molecule has 61 heavy (non-hydrogen) atoms. The van der Waals surface area contributed by atoms with Crippen molar-refractivity contribution in [1.82, 2.24) is 19.5 Å². The van der Waals surface area contributed by atoms with Crippen molar-refractivity contribution in [1.29, 1.82) is 0 Å². The van der Waals surface area contributed by atoms with Crippen LogP contribution in [0.1, 0.15) is 25.0 Å². The molecule has 0 atom stereocenters. The van der Waals surface area contributed by atoms with Crippen molar-refractivity contribution in [3.63, 3.8) is 0 Å². The van der Waals surface area contributed by atoms with Gasteiger partial charge in [0, 0.05) is 49.0 Å². The molecule has 0 amide bonds. The Morgan fingerprint density at radius 3 is 1.92 bits per heavy atom. The minimum absolute atomic E-state index is 0.186. The Labute approximate surface area is 351 Å². The average Bonchev–Trinajstić information content (AvgIpc) is 3.92. The number of furan rings is 1. The van der Waals surface area contributed by atoms with Crippen molar-refractivity contribution in [2.45, 2.75) is 19.3 Å². The monoisotopic (exact) mass is 780 g/mol. The Kier molecular flexibility index (Phi) is 7.00. The zero-order valence-corrected chi connectivity index (χ0v) is 33.5. The van der Waals surface area contributed by atoms with E-state index in [4.69, 9.17) is 19.4 Å². The lowest BCUT2D eigenvalue weighted by atomic mass is 9.80. The fourth-order valence-electron chi connectivity index (χ4n) is 10.2. The lowest BCUT2D eigenvalue weighted by molar-refractivity contribution is 0.667. The number of hydrogen-bond acceptors (Lipinski definition) is 4. The molecule has 0 fully saturated rings. The highest BCUT2D eigenvalue weighted by Crippen LogP contribution is 2.53. The molecule has 5 heteroatoms. The van der Waals surface area contributed by atoms with E-state index in [1.165, 1.54) is 54.8 Å². The van der Waals surface area contributed by atoms with Crippen molar-refractivity contribution < 1.29 is 4.42 Å². The van der Waals surface area contributed by atoms with Crippen LogP contribution in [-0.4, -0.2) is 19.5 Å². The van der Waals surface area contributed by atoms with Crippen LogP contribution >= 0.6 is 0 Å². The SMILES string of the molecule is CC1(C)c2cc3c(cc2-c2ccc4ccccc4c21)c1ccccc1n3-c1ccc(-c2nc(-c3ccccc3)nc(-c3ccc4c(c3)oc3ccccc34)n2)c2ccccc12. The maximum Gasteiger partial charge on any atom is 0.164 e. The third-order valence-corrected chi connectivity index (χ3v) is 13.0. The number of nitrogens with zero attached hydrogens (tertiary/aromatic N) is 4. The number of benzene rings is 9. The average molecular weight is 781 g/mol. The fraction of sp³-hybridized carbons (Fsp3) is 0.0536. The number of fused-ring (bicyclic) bond motifs is 12. The zero-order chi connectivity index (χ0) is 40.4. The molecule has 3 heterocycles. The van der Waals surface area contributed by atoms with Crippen LogP contribution in [0.4, 0.5) is 0 Å². The number of para-hydroxylation sites is 2. The van der Waals surface area contributed by atoms with Crippen LogP contribution in [0.25, 0.3) is 116 Å². The van der Waals surface area contributed by atoms with Gasteiger partial charge in [-0.25, -0.2) is 15.0 Å². The molecular formula is C56H36N4O. The van der Waals surface area contributed by atoms with Crippen molar-refractivity contribution in [3.05, 3.63) is 193 Å². The maximum atomic E-state index is 6.31. The molecule has 1 aliphatic rings. The Morgan fingerprint density at radius 1 is 0.410 bits per heavy atom. The van der Waals surface area contributed by atoms with Gasteiger partial charge in [-0.2, -0.15) is 0 Å². The summed E-state index contributed by atoms with van der Waals surface area (Å²) < 4.78 is 8.77. The highest BCUT2D eigenvalue weighted by Gasteiger charge is 2.38. The van der Waals surface area contributed by atoms with Gasteiger partial charge in [0.1, 0.15) is 11.2 Å². The number of hydrogen-bond donors (Lipinski definition) is 0. The van der Waals surface area contributed by atoms with Crippen LogP contribution in [-0.2, 0) is 5.41 Å². The molecule has 286 valence electrons. The summed E-state index contributed by atoms with van der Waals surface area (Å²) in [6.45, 7) is 4.77. The van der Waals surface area contributed by atoms with Crippen LogP contribution in [0, 0.1) is 0 Å². The van der Waals surface area contributed by atoms with Crippen LogP contribution in [0.2, 0.25) is 0 Å². The van der Waals surface area contributed by atoms with Gasteiger partial charge in [-0.1, -0.05) is 147 Å². The maximum absolute atomic E-state index is 6.31. The van der Waals surface area contributed by atoms with Gasteiger partial charge in [-0.05, 0) is 86.9 Å². The Morgan fingerprint density at radius 2 is 1.07 bits per heavy atom. The highest BCUT2D eigenvalue weighted by atomic mass is 16.3. The molecule has 0 bridgehead atoms. The Balaban J connectivity index is 1.02. The molecule has 0 unspecified atom stereocenters. The molecule has 12 aromatic rings. The number of aromatic nitrogens is 4. The third-order valence-electron chi connectivity index (χ3n) is 13.0. The van der Waals surface area contributed by atoms with Gasteiger partial charge in [0.25, 0.3) is 0 Å². The predicted molar refractivity (Wildman–Crippen MR) is 250 cm³/mol.